The van der Waals surface area contributed by atoms with Crippen LogP contribution in [0, 0.1) is 11.3 Å². The number of fused-ring (bicyclic) bond motifs is 3. The van der Waals surface area contributed by atoms with Gasteiger partial charge in [0.15, 0.2) is 0 Å². The van der Waals surface area contributed by atoms with E-state index in [9.17, 15) is 4.79 Å². The molecule has 4 rings (SSSR count). The molecule has 2 aliphatic carbocycles. The second-order valence-corrected chi connectivity index (χ2v) is 7.06. The average molecular weight is 337 g/mol. The van der Waals surface area contributed by atoms with E-state index < -0.39 is 0 Å². The monoisotopic (exact) mass is 336 g/mol. The molecular formula is C18H25ClN2O2. The fourth-order valence-electron chi connectivity index (χ4n) is 4.47. The molecule has 126 valence electrons. The molecule has 0 radical (unpaired) electrons. The van der Waals surface area contributed by atoms with Crippen molar-refractivity contribution in [2.45, 2.75) is 31.2 Å². The van der Waals surface area contributed by atoms with E-state index in [1.54, 1.807) is 7.11 Å². The Labute approximate surface area is 143 Å². The number of hydrogen-bond acceptors (Lipinski definition) is 3. The summed E-state index contributed by atoms with van der Waals surface area (Å²) in [6.45, 7) is 2.33. The fourth-order valence-corrected chi connectivity index (χ4v) is 4.47. The molecule has 1 aromatic carbocycles. The van der Waals surface area contributed by atoms with Gasteiger partial charge in [-0.1, -0.05) is 24.3 Å². The maximum Gasteiger partial charge on any atom is 0.228 e. The number of hydrogen-bond donors (Lipinski definition) is 2. The van der Waals surface area contributed by atoms with Crippen LogP contribution in [0.15, 0.2) is 24.3 Å². The summed E-state index contributed by atoms with van der Waals surface area (Å²) in [5.74, 6) is 1.36. The molecule has 0 bridgehead atoms. The Kier molecular flexibility index (Phi) is 4.68. The smallest absolute Gasteiger partial charge is 0.228 e. The minimum Gasteiger partial charge on any atom is -0.384 e. The minimum atomic E-state index is -0.337. The summed E-state index contributed by atoms with van der Waals surface area (Å²) in [5.41, 5.74) is 2.58. The average Bonchev–Trinajstić information content (AvgIpc) is 3.05. The number of rotatable bonds is 4. The van der Waals surface area contributed by atoms with E-state index in [-0.39, 0.29) is 23.7 Å². The van der Waals surface area contributed by atoms with Crippen LogP contribution in [0.4, 0.5) is 0 Å². The first-order valence-electron chi connectivity index (χ1n) is 8.34. The molecule has 1 saturated heterocycles. The Morgan fingerprint density at radius 2 is 2.09 bits per heavy atom. The number of halogens is 1. The SMILES string of the molecule is COCC1(C(=O)NC2C3Cc4ccccc4C32)CCNCC1.Cl. The van der Waals surface area contributed by atoms with Crippen LogP contribution < -0.4 is 10.6 Å². The van der Waals surface area contributed by atoms with Gasteiger partial charge in [-0.3, -0.25) is 4.79 Å². The summed E-state index contributed by atoms with van der Waals surface area (Å²) in [7, 11) is 1.69. The van der Waals surface area contributed by atoms with Crippen LogP contribution in [0.3, 0.4) is 0 Å². The summed E-state index contributed by atoms with van der Waals surface area (Å²) in [4.78, 5) is 12.9. The fraction of sp³-hybridized carbons (Fsp3) is 0.611. The highest BCUT2D eigenvalue weighted by Crippen LogP contribution is 2.56. The van der Waals surface area contributed by atoms with Crippen LogP contribution in [-0.2, 0) is 16.0 Å². The van der Waals surface area contributed by atoms with Crippen molar-refractivity contribution < 1.29 is 9.53 Å². The number of ether oxygens (including phenoxy) is 1. The Hall–Kier alpha value is -1.10. The van der Waals surface area contributed by atoms with E-state index in [0.29, 0.717) is 24.5 Å². The molecule has 2 fully saturated rings. The van der Waals surface area contributed by atoms with Crippen molar-refractivity contribution >= 4 is 18.3 Å². The van der Waals surface area contributed by atoms with Crippen molar-refractivity contribution in [1.29, 1.82) is 0 Å². The normalized spacial score (nSPS) is 29.9. The van der Waals surface area contributed by atoms with Gasteiger partial charge in [-0.25, -0.2) is 0 Å². The van der Waals surface area contributed by atoms with Crippen molar-refractivity contribution in [3.8, 4) is 0 Å². The summed E-state index contributed by atoms with van der Waals surface area (Å²) in [6.07, 6.45) is 2.85. The van der Waals surface area contributed by atoms with Gasteiger partial charge in [-0.15, -0.1) is 12.4 Å². The molecular weight excluding hydrogens is 312 g/mol. The molecule has 0 aromatic heterocycles. The van der Waals surface area contributed by atoms with Crippen molar-refractivity contribution in [3.05, 3.63) is 35.4 Å². The summed E-state index contributed by atoms with van der Waals surface area (Å²) < 4.78 is 5.37. The van der Waals surface area contributed by atoms with Gasteiger partial charge in [0.05, 0.1) is 12.0 Å². The quantitative estimate of drug-likeness (QED) is 0.882. The van der Waals surface area contributed by atoms with Crippen LogP contribution in [0.25, 0.3) is 0 Å². The van der Waals surface area contributed by atoms with Crippen molar-refractivity contribution in [2.24, 2.45) is 11.3 Å². The van der Waals surface area contributed by atoms with Crippen molar-refractivity contribution in [1.82, 2.24) is 10.6 Å². The van der Waals surface area contributed by atoms with Crippen LogP contribution in [0.5, 0.6) is 0 Å². The number of piperidine rings is 1. The summed E-state index contributed by atoms with van der Waals surface area (Å²) in [5, 5.41) is 6.68. The van der Waals surface area contributed by atoms with Gasteiger partial charge in [-0.2, -0.15) is 0 Å². The van der Waals surface area contributed by atoms with Crippen LogP contribution in [0.2, 0.25) is 0 Å². The lowest BCUT2D eigenvalue weighted by atomic mass is 9.78. The maximum atomic E-state index is 12.9. The first-order chi connectivity index (χ1) is 10.7. The number of nitrogens with one attached hydrogen (secondary N) is 2. The predicted octanol–water partition coefficient (Wildman–Crippen LogP) is 1.88. The molecule has 1 heterocycles. The van der Waals surface area contributed by atoms with Gasteiger partial charge in [0, 0.05) is 19.1 Å². The third-order valence-electron chi connectivity index (χ3n) is 5.80. The zero-order chi connectivity index (χ0) is 15.2. The van der Waals surface area contributed by atoms with E-state index in [2.05, 4.69) is 34.9 Å². The second kappa shape index (κ2) is 6.42. The molecule has 1 aromatic rings. The molecule has 5 heteroatoms. The Balaban J connectivity index is 0.00000156. The Morgan fingerprint density at radius 1 is 1.35 bits per heavy atom. The van der Waals surface area contributed by atoms with Gasteiger partial charge < -0.3 is 15.4 Å². The first-order valence-corrected chi connectivity index (χ1v) is 8.34. The van der Waals surface area contributed by atoms with E-state index in [0.717, 1.165) is 32.4 Å². The molecule has 23 heavy (non-hydrogen) atoms. The molecule has 1 aliphatic heterocycles. The molecule has 1 amide bonds. The molecule has 1 saturated carbocycles. The third-order valence-corrected chi connectivity index (χ3v) is 5.80. The summed E-state index contributed by atoms with van der Waals surface area (Å²) in [6, 6.07) is 9.00. The highest BCUT2D eigenvalue weighted by atomic mass is 35.5. The lowest BCUT2D eigenvalue weighted by molar-refractivity contribution is -0.136. The lowest BCUT2D eigenvalue weighted by Crippen LogP contribution is -2.51. The number of benzene rings is 1. The van der Waals surface area contributed by atoms with E-state index in [1.165, 1.54) is 11.1 Å². The third kappa shape index (κ3) is 2.77. The number of methoxy groups -OCH3 is 1. The molecule has 4 nitrogen and oxygen atoms in total. The summed E-state index contributed by atoms with van der Waals surface area (Å²) >= 11 is 0. The van der Waals surface area contributed by atoms with E-state index >= 15 is 0 Å². The van der Waals surface area contributed by atoms with Gasteiger partial charge in [-0.05, 0) is 49.4 Å². The van der Waals surface area contributed by atoms with Crippen LogP contribution >= 0.6 is 12.4 Å². The van der Waals surface area contributed by atoms with Crippen molar-refractivity contribution in [3.63, 3.8) is 0 Å². The van der Waals surface area contributed by atoms with Gasteiger partial charge in [0.2, 0.25) is 5.91 Å². The topological polar surface area (TPSA) is 50.4 Å². The van der Waals surface area contributed by atoms with Crippen LogP contribution in [-0.4, -0.2) is 38.8 Å². The first kappa shape index (κ1) is 16.7. The van der Waals surface area contributed by atoms with Gasteiger partial charge >= 0.3 is 0 Å². The zero-order valence-corrected chi connectivity index (χ0v) is 14.3. The highest BCUT2D eigenvalue weighted by molar-refractivity contribution is 5.85. The van der Waals surface area contributed by atoms with Crippen molar-refractivity contribution in [2.75, 3.05) is 26.8 Å². The zero-order valence-electron chi connectivity index (χ0n) is 13.5. The van der Waals surface area contributed by atoms with Gasteiger partial charge in [0.1, 0.15) is 0 Å². The second-order valence-electron chi connectivity index (χ2n) is 7.06. The minimum absolute atomic E-state index is 0. The predicted molar refractivity (Wildman–Crippen MR) is 92.0 cm³/mol. The van der Waals surface area contributed by atoms with Gasteiger partial charge in [0.25, 0.3) is 0 Å². The number of carbonyl (C=O) groups is 1. The maximum absolute atomic E-state index is 12.9. The standard InChI is InChI=1S/C18H24N2O2.ClH/c1-22-11-18(6-8-19-9-7-18)17(21)20-16-14-10-12-4-2-3-5-13(12)15(14)16;/h2-5,14-16,19H,6-11H2,1H3,(H,20,21);1H. The molecule has 3 unspecified atom stereocenters. The highest BCUT2D eigenvalue weighted by Gasteiger charge is 2.57. The van der Waals surface area contributed by atoms with Crippen LogP contribution in [0.1, 0.15) is 29.9 Å². The van der Waals surface area contributed by atoms with E-state index in [1.807, 2.05) is 0 Å². The Morgan fingerprint density at radius 3 is 2.83 bits per heavy atom. The molecule has 3 aliphatic rings. The van der Waals surface area contributed by atoms with E-state index in [4.69, 9.17) is 4.74 Å². The molecule has 3 atom stereocenters. The number of amides is 1. The number of carbonyl (C=O) groups excluding carboxylic acids is 1. The lowest BCUT2D eigenvalue weighted by Gasteiger charge is -2.35. The largest absolute Gasteiger partial charge is 0.384 e. The molecule has 2 N–H and O–H groups in total. The molecule has 0 spiro atoms. The Bertz CT molecular complexity index is 581.